The number of anilines is 2. The van der Waals surface area contributed by atoms with E-state index in [1.807, 2.05) is 60.9 Å². The maximum absolute atomic E-state index is 8.61. The number of nitrogens with one attached hydrogen (secondary N) is 2. The SMILES string of the molecule is CCOc1ccc(NC(=S)Nc2ccc(SC#N)cc2)cc1. The molecule has 0 fully saturated rings. The molecule has 4 nitrogen and oxygen atoms in total. The lowest BCUT2D eigenvalue weighted by Crippen LogP contribution is -2.18. The molecule has 0 atom stereocenters. The molecule has 112 valence electrons. The van der Waals surface area contributed by atoms with Crippen molar-refractivity contribution in [3.05, 3.63) is 48.5 Å². The molecule has 0 bridgehead atoms. The molecule has 0 amide bonds. The number of thioether (sulfide) groups is 1. The molecule has 0 spiro atoms. The first-order chi connectivity index (χ1) is 10.7. The highest BCUT2D eigenvalue weighted by atomic mass is 32.2. The van der Waals surface area contributed by atoms with Gasteiger partial charge in [0.1, 0.15) is 11.2 Å². The van der Waals surface area contributed by atoms with Crippen molar-refractivity contribution in [2.45, 2.75) is 11.8 Å². The van der Waals surface area contributed by atoms with Crippen LogP contribution in [0.15, 0.2) is 53.4 Å². The second-order valence-corrected chi connectivity index (χ2v) is 5.52. The first-order valence-electron chi connectivity index (χ1n) is 6.68. The predicted molar refractivity (Wildman–Crippen MR) is 95.4 cm³/mol. The van der Waals surface area contributed by atoms with Crippen molar-refractivity contribution in [2.75, 3.05) is 17.2 Å². The number of thiocyanates is 1. The van der Waals surface area contributed by atoms with Crippen LogP contribution in [-0.2, 0) is 0 Å². The second kappa shape index (κ2) is 8.27. The topological polar surface area (TPSA) is 57.1 Å². The van der Waals surface area contributed by atoms with Crippen LogP contribution in [0.5, 0.6) is 5.75 Å². The van der Waals surface area contributed by atoms with Gasteiger partial charge < -0.3 is 15.4 Å². The molecule has 0 unspecified atom stereocenters. The van der Waals surface area contributed by atoms with E-state index in [0.717, 1.165) is 33.8 Å². The van der Waals surface area contributed by atoms with E-state index >= 15 is 0 Å². The molecule has 22 heavy (non-hydrogen) atoms. The maximum atomic E-state index is 8.61. The van der Waals surface area contributed by atoms with Gasteiger partial charge in [0, 0.05) is 16.3 Å². The van der Waals surface area contributed by atoms with E-state index in [-0.39, 0.29) is 0 Å². The summed E-state index contributed by atoms with van der Waals surface area (Å²) in [6, 6.07) is 15.1. The molecule has 0 saturated heterocycles. The van der Waals surface area contributed by atoms with Crippen LogP contribution in [-0.4, -0.2) is 11.7 Å². The molecule has 0 heterocycles. The van der Waals surface area contributed by atoms with Crippen molar-refractivity contribution in [3.8, 4) is 11.2 Å². The lowest BCUT2D eigenvalue weighted by Gasteiger charge is -2.11. The highest BCUT2D eigenvalue weighted by Gasteiger charge is 2.00. The van der Waals surface area contributed by atoms with Crippen LogP contribution < -0.4 is 15.4 Å². The van der Waals surface area contributed by atoms with E-state index in [2.05, 4.69) is 10.6 Å². The number of ether oxygens (including phenoxy) is 1. The molecule has 0 aliphatic carbocycles. The Balaban J connectivity index is 1.90. The van der Waals surface area contributed by atoms with Crippen LogP contribution >= 0.6 is 24.0 Å². The lowest BCUT2D eigenvalue weighted by atomic mass is 10.3. The minimum Gasteiger partial charge on any atom is -0.494 e. The number of benzene rings is 2. The fourth-order valence-electron chi connectivity index (χ4n) is 1.75. The summed E-state index contributed by atoms with van der Waals surface area (Å²) < 4.78 is 5.39. The van der Waals surface area contributed by atoms with Crippen molar-refractivity contribution < 1.29 is 4.74 Å². The summed E-state index contributed by atoms with van der Waals surface area (Å²) in [4.78, 5) is 0.901. The summed E-state index contributed by atoms with van der Waals surface area (Å²) in [5.74, 6) is 0.831. The Morgan fingerprint density at radius 1 is 1.09 bits per heavy atom. The van der Waals surface area contributed by atoms with Crippen LogP contribution in [0.4, 0.5) is 11.4 Å². The highest BCUT2D eigenvalue weighted by molar-refractivity contribution is 8.03. The molecule has 0 aromatic heterocycles. The van der Waals surface area contributed by atoms with Crippen LogP contribution in [0, 0.1) is 10.7 Å². The first-order valence-corrected chi connectivity index (χ1v) is 7.90. The van der Waals surface area contributed by atoms with E-state index in [1.165, 1.54) is 0 Å². The Labute approximate surface area is 139 Å². The highest BCUT2D eigenvalue weighted by Crippen LogP contribution is 2.19. The summed E-state index contributed by atoms with van der Waals surface area (Å²) in [7, 11) is 0. The van der Waals surface area contributed by atoms with Gasteiger partial charge in [-0.2, -0.15) is 5.26 Å². The Kier molecular flexibility index (Phi) is 6.07. The quantitative estimate of drug-likeness (QED) is 0.479. The first kappa shape index (κ1) is 16.1. The minimum absolute atomic E-state index is 0.504. The Morgan fingerprint density at radius 3 is 2.14 bits per heavy atom. The largest absolute Gasteiger partial charge is 0.494 e. The summed E-state index contributed by atoms with van der Waals surface area (Å²) in [6.07, 6.45) is 0. The molecule has 2 N–H and O–H groups in total. The molecule has 6 heteroatoms. The van der Waals surface area contributed by atoms with Gasteiger partial charge in [-0.25, -0.2) is 0 Å². The minimum atomic E-state index is 0.504. The molecular weight excluding hydrogens is 314 g/mol. The number of hydrogen-bond donors (Lipinski definition) is 2. The van der Waals surface area contributed by atoms with Gasteiger partial charge in [-0.05, 0) is 79.4 Å². The summed E-state index contributed by atoms with van der Waals surface area (Å²) >= 11 is 6.40. The fourth-order valence-corrected chi connectivity index (χ4v) is 2.37. The molecule has 0 saturated carbocycles. The van der Waals surface area contributed by atoms with E-state index in [0.29, 0.717) is 11.7 Å². The zero-order valence-corrected chi connectivity index (χ0v) is 13.6. The average molecular weight is 329 g/mol. The van der Waals surface area contributed by atoms with Crippen molar-refractivity contribution in [2.24, 2.45) is 0 Å². The van der Waals surface area contributed by atoms with Gasteiger partial charge in [-0.1, -0.05) is 0 Å². The lowest BCUT2D eigenvalue weighted by molar-refractivity contribution is 0.340. The Bertz CT molecular complexity index is 663. The maximum Gasteiger partial charge on any atom is 0.175 e. The van der Waals surface area contributed by atoms with Crippen LogP contribution in [0.1, 0.15) is 6.92 Å². The zero-order valence-electron chi connectivity index (χ0n) is 12.0. The van der Waals surface area contributed by atoms with Crippen molar-refractivity contribution >= 4 is 40.5 Å². The Hall–Kier alpha value is -2.23. The van der Waals surface area contributed by atoms with Crippen LogP contribution in [0.25, 0.3) is 0 Å². The number of thiocarbonyl (C=S) groups is 1. The van der Waals surface area contributed by atoms with Crippen LogP contribution in [0.2, 0.25) is 0 Å². The molecule has 2 aromatic carbocycles. The summed E-state index contributed by atoms with van der Waals surface area (Å²) in [5.41, 5.74) is 1.75. The third-order valence-electron chi connectivity index (χ3n) is 2.70. The molecular formula is C16H15N3OS2. The van der Waals surface area contributed by atoms with E-state index in [1.54, 1.807) is 0 Å². The number of nitrogens with zero attached hydrogens (tertiary/aromatic N) is 1. The fraction of sp³-hybridized carbons (Fsp3) is 0.125. The van der Waals surface area contributed by atoms with Crippen molar-refractivity contribution in [1.82, 2.24) is 0 Å². The van der Waals surface area contributed by atoms with E-state index in [4.69, 9.17) is 22.2 Å². The Morgan fingerprint density at radius 2 is 1.64 bits per heavy atom. The van der Waals surface area contributed by atoms with E-state index in [9.17, 15) is 0 Å². The van der Waals surface area contributed by atoms with Crippen molar-refractivity contribution in [3.63, 3.8) is 0 Å². The normalized spacial score (nSPS) is 9.64. The third-order valence-corrected chi connectivity index (χ3v) is 3.50. The van der Waals surface area contributed by atoms with Gasteiger partial charge in [-0.3, -0.25) is 0 Å². The number of hydrogen-bond acceptors (Lipinski definition) is 4. The molecule has 0 aliphatic rings. The smallest absolute Gasteiger partial charge is 0.175 e. The van der Waals surface area contributed by atoms with Gasteiger partial charge in [0.25, 0.3) is 0 Å². The molecule has 2 aromatic rings. The predicted octanol–water partition coefficient (Wildman–Crippen LogP) is 4.47. The summed E-state index contributed by atoms with van der Waals surface area (Å²) in [5, 5.41) is 17.4. The molecule has 0 radical (unpaired) electrons. The van der Waals surface area contributed by atoms with Crippen LogP contribution in [0.3, 0.4) is 0 Å². The van der Waals surface area contributed by atoms with Crippen molar-refractivity contribution in [1.29, 1.82) is 5.26 Å². The van der Waals surface area contributed by atoms with E-state index < -0.39 is 0 Å². The molecule has 2 rings (SSSR count). The monoisotopic (exact) mass is 329 g/mol. The molecule has 0 aliphatic heterocycles. The van der Waals surface area contributed by atoms with Gasteiger partial charge >= 0.3 is 0 Å². The number of rotatable bonds is 5. The average Bonchev–Trinajstić information content (AvgIpc) is 2.52. The third kappa shape index (κ3) is 4.95. The van der Waals surface area contributed by atoms with Gasteiger partial charge in [0.15, 0.2) is 5.11 Å². The standard InChI is InChI=1S/C16H15N3OS2/c1-2-20-14-7-3-12(4-8-14)18-16(21)19-13-5-9-15(10-6-13)22-11-17/h3-10H,2H2,1H3,(H2,18,19,21). The van der Waals surface area contributed by atoms with Gasteiger partial charge in [0.05, 0.1) is 6.61 Å². The number of nitriles is 1. The van der Waals surface area contributed by atoms with Gasteiger partial charge in [-0.15, -0.1) is 0 Å². The summed E-state index contributed by atoms with van der Waals surface area (Å²) in [6.45, 7) is 2.60. The second-order valence-electron chi connectivity index (χ2n) is 4.25. The zero-order chi connectivity index (χ0) is 15.8. The van der Waals surface area contributed by atoms with Gasteiger partial charge in [0.2, 0.25) is 0 Å².